The lowest BCUT2D eigenvalue weighted by Crippen LogP contribution is -2.15. The van der Waals surface area contributed by atoms with E-state index in [4.69, 9.17) is 0 Å². The van der Waals surface area contributed by atoms with Crippen LogP contribution in [0.15, 0.2) is 18.6 Å². The van der Waals surface area contributed by atoms with Crippen molar-refractivity contribution in [2.45, 2.75) is 51.6 Å². The summed E-state index contributed by atoms with van der Waals surface area (Å²) in [7, 11) is 0. The first kappa shape index (κ1) is 12.7. The van der Waals surface area contributed by atoms with Crippen LogP contribution in [0.25, 0.3) is 0 Å². The van der Waals surface area contributed by atoms with Gasteiger partial charge in [0.15, 0.2) is 0 Å². The third kappa shape index (κ3) is 2.97. The van der Waals surface area contributed by atoms with Crippen LogP contribution in [0.3, 0.4) is 0 Å². The summed E-state index contributed by atoms with van der Waals surface area (Å²) < 4.78 is 2.31. The van der Waals surface area contributed by atoms with E-state index >= 15 is 0 Å². The number of hydrogen-bond donors (Lipinski definition) is 1. The topological polar surface area (TPSA) is 42.7 Å². The average molecular weight is 276 g/mol. The van der Waals surface area contributed by atoms with Crippen LogP contribution in [0.2, 0.25) is 0 Å². The maximum absolute atomic E-state index is 4.45. The minimum absolute atomic E-state index is 0.627. The molecular weight excluding hydrogens is 256 g/mol. The molecule has 1 N–H and O–H groups in total. The molecule has 0 amide bonds. The average Bonchev–Trinajstić information content (AvgIpc) is 3.06. The predicted molar refractivity (Wildman–Crippen MR) is 78.5 cm³/mol. The largest absolute Gasteiger partial charge is 0.351 e. The van der Waals surface area contributed by atoms with E-state index in [2.05, 4.69) is 26.0 Å². The van der Waals surface area contributed by atoms with E-state index < -0.39 is 0 Å². The first-order chi connectivity index (χ1) is 9.33. The SMILES string of the molecule is Cc1ncc(CNc2nccn2C2CCCCC2)s1. The summed E-state index contributed by atoms with van der Waals surface area (Å²) in [6.45, 7) is 2.85. The molecule has 0 unspecified atom stereocenters. The van der Waals surface area contributed by atoms with Crippen molar-refractivity contribution in [2.75, 3.05) is 5.32 Å². The number of aromatic nitrogens is 3. The van der Waals surface area contributed by atoms with Crippen LogP contribution in [0.5, 0.6) is 0 Å². The van der Waals surface area contributed by atoms with Gasteiger partial charge in [-0.15, -0.1) is 11.3 Å². The van der Waals surface area contributed by atoms with Gasteiger partial charge in [0.05, 0.1) is 11.6 Å². The second-order valence-electron chi connectivity index (χ2n) is 5.15. The molecule has 0 aliphatic heterocycles. The van der Waals surface area contributed by atoms with E-state index in [1.165, 1.54) is 37.0 Å². The summed E-state index contributed by atoms with van der Waals surface area (Å²) in [5, 5.41) is 4.56. The first-order valence-electron chi connectivity index (χ1n) is 7.01. The van der Waals surface area contributed by atoms with Gasteiger partial charge < -0.3 is 9.88 Å². The number of nitrogens with one attached hydrogen (secondary N) is 1. The van der Waals surface area contributed by atoms with Crippen LogP contribution >= 0.6 is 11.3 Å². The van der Waals surface area contributed by atoms with Crippen molar-refractivity contribution in [2.24, 2.45) is 0 Å². The van der Waals surface area contributed by atoms with Gasteiger partial charge in [-0.2, -0.15) is 0 Å². The number of imidazole rings is 1. The molecule has 0 bridgehead atoms. The van der Waals surface area contributed by atoms with Gasteiger partial charge in [0.1, 0.15) is 0 Å². The van der Waals surface area contributed by atoms with Gasteiger partial charge in [0, 0.05) is 29.5 Å². The molecule has 102 valence electrons. The highest BCUT2D eigenvalue weighted by molar-refractivity contribution is 7.11. The number of anilines is 1. The molecule has 2 aromatic rings. The molecule has 0 atom stereocenters. The zero-order valence-corrected chi connectivity index (χ0v) is 12.1. The van der Waals surface area contributed by atoms with E-state index in [0.717, 1.165) is 17.5 Å². The van der Waals surface area contributed by atoms with Crippen LogP contribution in [-0.4, -0.2) is 14.5 Å². The molecule has 0 radical (unpaired) electrons. The van der Waals surface area contributed by atoms with E-state index in [1.54, 1.807) is 11.3 Å². The summed E-state index contributed by atoms with van der Waals surface area (Å²) in [6, 6.07) is 0.627. The molecule has 3 rings (SSSR count). The van der Waals surface area contributed by atoms with Gasteiger partial charge in [0.2, 0.25) is 5.95 Å². The minimum atomic E-state index is 0.627. The summed E-state index contributed by atoms with van der Waals surface area (Å²) in [4.78, 5) is 9.99. The van der Waals surface area contributed by atoms with Crippen molar-refractivity contribution in [3.05, 3.63) is 28.5 Å². The highest BCUT2D eigenvalue weighted by Crippen LogP contribution is 2.30. The zero-order chi connectivity index (χ0) is 13.1. The fraction of sp³-hybridized carbons (Fsp3) is 0.571. The Kier molecular flexibility index (Phi) is 3.82. The summed E-state index contributed by atoms with van der Waals surface area (Å²) in [5.74, 6) is 0.998. The Morgan fingerprint density at radius 1 is 1.32 bits per heavy atom. The van der Waals surface area contributed by atoms with Crippen molar-refractivity contribution in [1.29, 1.82) is 0 Å². The molecule has 5 heteroatoms. The minimum Gasteiger partial charge on any atom is -0.351 e. The Morgan fingerprint density at radius 2 is 2.16 bits per heavy atom. The van der Waals surface area contributed by atoms with Gasteiger partial charge in [-0.1, -0.05) is 19.3 Å². The van der Waals surface area contributed by atoms with Gasteiger partial charge in [-0.05, 0) is 19.8 Å². The van der Waals surface area contributed by atoms with Gasteiger partial charge >= 0.3 is 0 Å². The van der Waals surface area contributed by atoms with Crippen LogP contribution in [0.4, 0.5) is 5.95 Å². The van der Waals surface area contributed by atoms with Crippen molar-refractivity contribution in [3.8, 4) is 0 Å². The Labute approximate surface area is 117 Å². The third-order valence-electron chi connectivity index (χ3n) is 3.73. The summed E-state index contributed by atoms with van der Waals surface area (Å²) in [5.41, 5.74) is 0. The lowest BCUT2D eigenvalue weighted by molar-refractivity contribution is 0.356. The number of hydrogen-bond acceptors (Lipinski definition) is 4. The molecule has 19 heavy (non-hydrogen) atoms. The number of rotatable bonds is 4. The molecular formula is C14H20N4S. The van der Waals surface area contributed by atoms with Gasteiger partial charge in [-0.25, -0.2) is 9.97 Å². The lowest BCUT2D eigenvalue weighted by Gasteiger charge is -2.24. The van der Waals surface area contributed by atoms with E-state index in [9.17, 15) is 0 Å². The number of nitrogens with zero attached hydrogens (tertiary/aromatic N) is 3. The third-order valence-corrected chi connectivity index (χ3v) is 4.64. The van der Waals surface area contributed by atoms with Gasteiger partial charge in [0.25, 0.3) is 0 Å². The highest BCUT2D eigenvalue weighted by Gasteiger charge is 2.17. The highest BCUT2D eigenvalue weighted by atomic mass is 32.1. The maximum atomic E-state index is 4.45. The fourth-order valence-electron chi connectivity index (χ4n) is 2.76. The van der Waals surface area contributed by atoms with Crippen molar-refractivity contribution in [1.82, 2.24) is 14.5 Å². The molecule has 1 fully saturated rings. The van der Waals surface area contributed by atoms with E-state index in [0.29, 0.717) is 6.04 Å². The molecule has 1 aliphatic carbocycles. The summed E-state index contributed by atoms with van der Waals surface area (Å²) >= 11 is 1.74. The normalized spacial score (nSPS) is 16.7. The van der Waals surface area contributed by atoms with E-state index in [1.807, 2.05) is 19.3 Å². The smallest absolute Gasteiger partial charge is 0.203 e. The number of aryl methyl sites for hydroxylation is 1. The van der Waals surface area contributed by atoms with Crippen LogP contribution in [0.1, 0.15) is 48.0 Å². The fourth-order valence-corrected chi connectivity index (χ4v) is 3.49. The zero-order valence-electron chi connectivity index (χ0n) is 11.3. The second kappa shape index (κ2) is 5.74. The second-order valence-corrected chi connectivity index (χ2v) is 6.47. The standard InChI is InChI=1S/C14H20N4S/c1-11-16-9-13(19-11)10-17-14-15-7-8-18(14)12-5-3-2-4-6-12/h7-9,12H,2-6,10H2,1H3,(H,15,17). The van der Waals surface area contributed by atoms with Crippen LogP contribution in [-0.2, 0) is 6.54 Å². The predicted octanol–water partition coefficient (Wildman–Crippen LogP) is 3.77. The van der Waals surface area contributed by atoms with Crippen molar-refractivity contribution in [3.63, 3.8) is 0 Å². The Balaban J connectivity index is 1.66. The monoisotopic (exact) mass is 276 g/mol. The van der Waals surface area contributed by atoms with E-state index in [-0.39, 0.29) is 0 Å². The molecule has 4 nitrogen and oxygen atoms in total. The Hall–Kier alpha value is -1.36. The number of thiazole rings is 1. The molecule has 0 spiro atoms. The first-order valence-corrected chi connectivity index (χ1v) is 7.82. The molecule has 1 aliphatic rings. The van der Waals surface area contributed by atoms with Crippen molar-refractivity contribution < 1.29 is 0 Å². The quantitative estimate of drug-likeness (QED) is 0.924. The maximum Gasteiger partial charge on any atom is 0.203 e. The molecule has 0 saturated heterocycles. The van der Waals surface area contributed by atoms with Crippen molar-refractivity contribution >= 4 is 17.3 Å². The van der Waals surface area contributed by atoms with Gasteiger partial charge in [-0.3, -0.25) is 0 Å². The lowest BCUT2D eigenvalue weighted by atomic mass is 9.95. The molecule has 1 saturated carbocycles. The molecule has 0 aromatic carbocycles. The molecule has 2 aromatic heterocycles. The Morgan fingerprint density at radius 3 is 2.89 bits per heavy atom. The van der Waals surface area contributed by atoms with Crippen LogP contribution < -0.4 is 5.32 Å². The summed E-state index contributed by atoms with van der Waals surface area (Å²) in [6.07, 6.45) is 12.6. The Bertz CT molecular complexity index is 525. The molecule has 2 heterocycles. The van der Waals surface area contributed by atoms with Crippen LogP contribution in [0, 0.1) is 6.92 Å².